The first-order valence-corrected chi connectivity index (χ1v) is 6.05. The largest absolute Gasteiger partial charge is 0.392 e. The zero-order valence-corrected chi connectivity index (χ0v) is 11.3. The second-order valence-corrected chi connectivity index (χ2v) is 5.11. The van der Waals surface area contributed by atoms with Gasteiger partial charge in [-0.2, -0.15) is 4.91 Å². The summed E-state index contributed by atoms with van der Waals surface area (Å²) in [4.78, 5) is 21.3. The zero-order chi connectivity index (χ0) is 13.6. The Hall–Kier alpha value is -0.970. The predicted molar refractivity (Wildman–Crippen MR) is 67.4 cm³/mol. The molecule has 0 heterocycles. The van der Waals surface area contributed by atoms with E-state index in [1.54, 1.807) is 6.92 Å². The third-order valence-corrected chi connectivity index (χ3v) is 3.14. The smallest absolute Gasteiger partial charge is 0.217 e. The number of aliphatic hydroxyl groups excluding tert-OH is 1. The molecular weight excluding hydrogens is 220 g/mol. The molecule has 0 fully saturated rings. The third kappa shape index (κ3) is 5.26. The van der Waals surface area contributed by atoms with E-state index >= 15 is 0 Å². The first-order valence-electron chi connectivity index (χ1n) is 6.05. The quantitative estimate of drug-likeness (QED) is 0.667. The van der Waals surface area contributed by atoms with Crippen molar-refractivity contribution in [1.82, 2.24) is 5.32 Å². The molecule has 0 saturated heterocycles. The van der Waals surface area contributed by atoms with E-state index in [9.17, 15) is 14.8 Å². The lowest BCUT2D eigenvalue weighted by Crippen LogP contribution is -2.47. The summed E-state index contributed by atoms with van der Waals surface area (Å²) in [5, 5.41) is 15.8. The summed E-state index contributed by atoms with van der Waals surface area (Å²) in [6.07, 6.45) is -0.646. The molecule has 17 heavy (non-hydrogen) atoms. The number of rotatable bonds is 7. The molecule has 5 heteroatoms. The number of carbonyl (C=O) groups excluding carboxylic acids is 1. The number of nitrogens with zero attached hydrogens (tertiary/aromatic N) is 1. The highest BCUT2D eigenvalue weighted by Crippen LogP contribution is 2.21. The van der Waals surface area contributed by atoms with Crippen molar-refractivity contribution in [3.05, 3.63) is 4.91 Å². The van der Waals surface area contributed by atoms with Crippen molar-refractivity contribution in [1.29, 1.82) is 0 Å². The Bertz CT molecular complexity index is 256. The molecule has 100 valence electrons. The van der Waals surface area contributed by atoms with E-state index in [2.05, 4.69) is 10.5 Å². The van der Waals surface area contributed by atoms with Gasteiger partial charge in [0, 0.05) is 24.8 Å². The molecule has 4 atom stereocenters. The molecule has 2 N–H and O–H groups in total. The molecule has 0 aromatic heterocycles. The van der Waals surface area contributed by atoms with Crippen LogP contribution in [0.4, 0.5) is 0 Å². The standard InChI is InChI=1S/C12H24N2O3/c1-7(2)11(14-10(5)15)9(4)12(16)8(3)6-13-17/h7-9,11-12,16H,6H2,1-5H3,(H,14,15)/t8-,9-,11+,12+/m1/s1. The highest BCUT2D eigenvalue weighted by atomic mass is 16.3. The van der Waals surface area contributed by atoms with Crippen LogP contribution in [0.15, 0.2) is 5.18 Å². The highest BCUT2D eigenvalue weighted by molar-refractivity contribution is 5.73. The summed E-state index contributed by atoms with van der Waals surface area (Å²) >= 11 is 0. The van der Waals surface area contributed by atoms with Gasteiger partial charge < -0.3 is 10.4 Å². The van der Waals surface area contributed by atoms with Gasteiger partial charge in [-0.1, -0.05) is 32.9 Å². The fraction of sp³-hybridized carbons (Fsp3) is 0.917. The van der Waals surface area contributed by atoms with Gasteiger partial charge in [0.25, 0.3) is 0 Å². The first kappa shape index (κ1) is 16.0. The van der Waals surface area contributed by atoms with E-state index in [0.717, 1.165) is 0 Å². The van der Waals surface area contributed by atoms with Gasteiger partial charge >= 0.3 is 0 Å². The maximum Gasteiger partial charge on any atom is 0.217 e. The van der Waals surface area contributed by atoms with Crippen molar-refractivity contribution >= 4 is 5.91 Å². The Morgan fingerprint density at radius 1 is 1.29 bits per heavy atom. The molecule has 0 unspecified atom stereocenters. The van der Waals surface area contributed by atoms with Gasteiger partial charge in [0.2, 0.25) is 5.91 Å². The fourth-order valence-corrected chi connectivity index (χ4v) is 2.10. The van der Waals surface area contributed by atoms with Crippen molar-refractivity contribution in [2.75, 3.05) is 6.54 Å². The van der Waals surface area contributed by atoms with Crippen LogP contribution in [0.5, 0.6) is 0 Å². The van der Waals surface area contributed by atoms with Gasteiger partial charge in [0.15, 0.2) is 0 Å². The second kappa shape index (κ2) is 7.37. The van der Waals surface area contributed by atoms with E-state index in [1.165, 1.54) is 6.92 Å². The summed E-state index contributed by atoms with van der Waals surface area (Å²) in [7, 11) is 0. The Labute approximate surface area is 103 Å². The maximum absolute atomic E-state index is 11.1. The monoisotopic (exact) mass is 244 g/mol. The van der Waals surface area contributed by atoms with Crippen molar-refractivity contribution < 1.29 is 9.90 Å². The van der Waals surface area contributed by atoms with Gasteiger partial charge in [-0.25, -0.2) is 0 Å². The molecule has 0 bridgehead atoms. The maximum atomic E-state index is 11.1. The van der Waals surface area contributed by atoms with E-state index in [0.29, 0.717) is 0 Å². The van der Waals surface area contributed by atoms with E-state index in [-0.39, 0.29) is 36.2 Å². The van der Waals surface area contributed by atoms with Crippen LogP contribution in [0.25, 0.3) is 0 Å². The normalized spacial score (nSPS) is 18.3. The van der Waals surface area contributed by atoms with Gasteiger partial charge in [0.1, 0.15) is 0 Å². The highest BCUT2D eigenvalue weighted by Gasteiger charge is 2.30. The average Bonchev–Trinajstić information content (AvgIpc) is 2.23. The van der Waals surface area contributed by atoms with E-state index < -0.39 is 6.10 Å². The minimum atomic E-state index is -0.646. The lowest BCUT2D eigenvalue weighted by atomic mass is 9.83. The first-order chi connectivity index (χ1) is 7.81. The molecule has 0 spiro atoms. The van der Waals surface area contributed by atoms with Crippen molar-refractivity contribution in [2.24, 2.45) is 22.9 Å². The molecule has 0 aliphatic carbocycles. The molecule has 0 aromatic rings. The van der Waals surface area contributed by atoms with E-state index in [4.69, 9.17) is 0 Å². The van der Waals surface area contributed by atoms with Gasteiger partial charge in [-0.05, 0) is 5.92 Å². The van der Waals surface area contributed by atoms with Crippen molar-refractivity contribution in [3.63, 3.8) is 0 Å². The van der Waals surface area contributed by atoms with E-state index in [1.807, 2.05) is 20.8 Å². The Kier molecular flexibility index (Phi) is 6.95. The average molecular weight is 244 g/mol. The molecule has 0 aliphatic rings. The number of nitrogens with one attached hydrogen (secondary N) is 1. The SMILES string of the molecule is CC(=O)N[C@@H](C(C)C)[C@@H](C)[C@@H](O)[C@H](C)CN=O. The van der Waals surface area contributed by atoms with Crippen LogP contribution in [0.2, 0.25) is 0 Å². The Balaban J connectivity index is 4.64. The van der Waals surface area contributed by atoms with Crippen molar-refractivity contribution in [3.8, 4) is 0 Å². The minimum absolute atomic E-state index is 0.0936. The molecular formula is C12H24N2O3. The molecule has 0 aromatic carbocycles. The predicted octanol–water partition coefficient (Wildman–Crippen LogP) is 1.55. The molecule has 1 amide bonds. The topological polar surface area (TPSA) is 78.8 Å². The molecule has 0 radical (unpaired) electrons. The number of amides is 1. The summed E-state index contributed by atoms with van der Waals surface area (Å²) in [5.41, 5.74) is 0. The van der Waals surface area contributed by atoms with Crippen molar-refractivity contribution in [2.45, 2.75) is 46.8 Å². The summed E-state index contributed by atoms with van der Waals surface area (Å²) in [6.45, 7) is 9.21. The summed E-state index contributed by atoms with van der Waals surface area (Å²) in [5.74, 6) is -0.197. The van der Waals surface area contributed by atoms with Gasteiger partial charge in [-0.15, -0.1) is 0 Å². The van der Waals surface area contributed by atoms with Gasteiger partial charge in [-0.3, -0.25) is 4.79 Å². The summed E-state index contributed by atoms with van der Waals surface area (Å²) in [6, 6.07) is -0.100. The second-order valence-electron chi connectivity index (χ2n) is 5.11. The van der Waals surface area contributed by atoms with Crippen LogP contribution in [-0.4, -0.2) is 29.7 Å². The van der Waals surface area contributed by atoms with Crippen LogP contribution in [0, 0.1) is 22.7 Å². The van der Waals surface area contributed by atoms with Crippen LogP contribution < -0.4 is 5.32 Å². The summed E-state index contributed by atoms with van der Waals surface area (Å²) < 4.78 is 0. The molecule has 5 nitrogen and oxygen atoms in total. The number of hydrogen-bond acceptors (Lipinski definition) is 4. The van der Waals surface area contributed by atoms with Crippen LogP contribution in [0.3, 0.4) is 0 Å². The Morgan fingerprint density at radius 3 is 2.18 bits per heavy atom. The van der Waals surface area contributed by atoms with Crippen LogP contribution in [0.1, 0.15) is 34.6 Å². The number of nitroso groups, excluding NO2 is 1. The van der Waals surface area contributed by atoms with Crippen LogP contribution in [-0.2, 0) is 4.79 Å². The molecule has 0 rings (SSSR count). The van der Waals surface area contributed by atoms with Crippen LogP contribution >= 0.6 is 0 Å². The lowest BCUT2D eigenvalue weighted by molar-refractivity contribution is -0.120. The lowest BCUT2D eigenvalue weighted by Gasteiger charge is -2.33. The number of carbonyl (C=O) groups is 1. The minimum Gasteiger partial charge on any atom is -0.392 e. The zero-order valence-electron chi connectivity index (χ0n) is 11.3. The third-order valence-electron chi connectivity index (χ3n) is 3.14. The number of hydrogen-bond donors (Lipinski definition) is 2. The molecule has 0 aliphatic heterocycles. The fourth-order valence-electron chi connectivity index (χ4n) is 2.10. The molecule has 0 saturated carbocycles. The van der Waals surface area contributed by atoms with Gasteiger partial charge in [0.05, 0.1) is 12.6 Å². The Morgan fingerprint density at radius 2 is 1.82 bits per heavy atom. The number of aliphatic hydroxyl groups is 1.